The molecule has 0 saturated heterocycles. The first kappa shape index (κ1) is 30.4. The molecule has 45 heavy (non-hydrogen) atoms. The number of carbonyl (C=O) groups excluding carboxylic acids is 1. The Morgan fingerprint density at radius 3 is 2.47 bits per heavy atom. The van der Waals surface area contributed by atoms with E-state index in [0.717, 1.165) is 27.9 Å². The summed E-state index contributed by atoms with van der Waals surface area (Å²) in [4.78, 5) is 18.7. The first-order valence-electron chi connectivity index (χ1n) is 14.4. The fourth-order valence-corrected chi connectivity index (χ4v) is 6.16. The maximum Gasteiger partial charge on any atom is 0.255 e. The van der Waals surface area contributed by atoms with E-state index in [2.05, 4.69) is 10.6 Å². The van der Waals surface area contributed by atoms with Gasteiger partial charge in [0.1, 0.15) is 24.2 Å². The first-order chi connectivity index (χ1) is 21.8. The van der Waals surface area contributed by atoms with Gasteiger partial charge in [0.15, 0.2) is 0 Å². The molecule has 1 aliphatic heterocycles. The molecule has 1 aromatic heterocycles. The van der Waals surface area contributed by atoms with Crippen LogP contribution in [0, 0.1) is 19.7 Å². The van der Waals surface area contributed by atoms with Gasteiger partial charge in [-0.1, -0.05) is 84.0 Å². The molecule has 0 radical (unpaired) electrons. The van der Waals surface area contributed by atoms with E-state index < -0.39 is 6.04 Å². The number of nitrogens with zero attached hydrogens (tertiary/aromatic N) is 3. The number of halogens is 2. The number of anilines is 2. The Labute approximate surface area is 270 Å². The molecule has 10 heteroatoms. The summed E-state index contributed by atoms with van der Waals surface area (Å²) in [7, 11) is 0. The summed E-state index contributed by atoms with van der Waals surface area (Å²) in [6.07, 6.45) is 0. The van der Waals surface area contributed by atoms with Crippen LogP contribution in [0.3, 0.4) is 0 Å². The molecule has 0 spiro atoms. The van der Waals surface area contributed by atoms with Crippen LogP contribution in [0.15, 0.2) is 107 Å². The number of hydrogen-bond donors (Lipinski definition) is 2. The lowest BCUT2D eigenvalue weighted by Crippen LogP contribution is -2.31. The number of allylic oxidation sites excluding steroid dienone is 1. The second kappa shape index (κ2) is 13.2. The van der Waals surface area contributed by atoms with E-state index >= 15 is 0 Å². The SMILES string of the molecule is CC1=C(C(=O)Nc2cccc(C)c2C)C(c2ccc(OCc3ccccc3Cl)cc2)n2nc(SCc3ccccc3F)nc2N1. The zero-order valence-electron chi connectivity index (χ0n) is 25.0. The van der Waals surface area contributed by atoms with Crippen LogP contribution in [0.25, 0.3) is 0 Å². The van der Waals surface area contributed by atoms with Gasteiger partial charge < -0.3 is 15.4 Å². The van der Waals surface area contributed by atoms with Crippen LogP contribution in [0.2, 0.25) is 5.02 Å². The third-order valence-electron chi connectivity index (χ3n) is 7.79. The molecule has 6 rings (SSSR count). The standard InChI is InChI=1S/C35H31ClFN5O2S/c1-21-9-8-14-30(22(21)2)39-33(43)31-23(3)38-34-40-35(45-20-26-11-5-7-13-29(26)37)41-42(34)32(31)24-15-17-27(18-16-24)44-19-25-10-4-6-12-28(25)36/h4-18,32H,19-20H2,1-3H3,(H,39,43)(H,38,40,41). The van der Waals surface area contributed by atoms with Crippen molar-refractivity contribution in [2.24, 2.45) is 0 Å². The smallest absolute Gasteiger partial charge is 0.255 e. The van der Waals surface area contributed by atoms with Crippen molar-refractivity contribution in [2.75, 3.05) is 10.6 Å². The summed E-state index contributed by atoms with van der Waals surface area (Å²) in [6.45, 7) is 6.18. The molecule has 2 heterocycles. The van der Waals surface area contributed by atoms with Crippen LogP contribution < -0.4 is 15.4 Å². The zero-order valence-corrected chi connectivity index (χ0v) is 26.5. The quantitative estimate of drug-likeness (QED) is 0.157. The van der Waals surface area contributed by atoms with Crippen LogP contribution in [-0.2, 0) is 17.2 Å². The zero-order chi connectivity index (χ0) is 31.5. The highest BCUT2D eigenvalue weighted by molar-refractivity contribution is 7.98. The number of ether oxygens (including phenoxy) is 1. The lowest BCUT2D eigenvalue weighted by molar-refractivity contribution is -0.113. The maximum atomic E-state index is 14.3. The Hall–Kier alpha value is -4.60. The van der Waals surface area contributed by atoms with Gasteiger partial charge in [-0.3, -0.25) is 4.79 Å². The maximum absolute atomic E-state index is 14.3. The Morgan fingerprint density at radius 2 is 1.71 bits per heavy atom. The van der Waals surface area contributed by atoms with Gasteiger partial charge in [0.05, 0.1) is 5.57 Å². The monoisotopic (exact) mass is 639 g/mol. The molecule has 1 amide bonds. The largest absolute Gasteiger partial charge is 0.489 e. The summed E-state index contributed by atoms with van der Waals surface area (Å²) in [6, 6.07) is 27.0. The number of carbonyl (C=O) groups is 1. The molecule has 1 aliphatic rings. The number of rotatable bonds is 9. The molecule has 1 atom stereocenters. The van der Waals surface area contributed by atoms with Gasteiger partial charge in [-0.2, -0.15) is 4.98 Å². The number of aryl methyl sites for hydroxylation is 1. The molecular weight excluding hydrogens is 609 g/mol. The van der Waals surface area contributed by atoms with Gasteiger partial charge >= 0.3 is 0 Å². The number of thioether (sulfide) groups is 1. The third-order valence-corrected chi connectivity index (χ3v) is 9.05. The van der Waals surface area contributed by atoms with Gasteiger partial charge in [-0.25, -0.2) is 9.07 Å². The number of nitrogens with one attached hydrogen (secondary N) is 2. The molecule has 0 aliphatic carbocycles. The van der Waals surface area contributed by atoms with Crippen molar-refractivity contribution in [1.29, 1.82) is 0 Å². The van der Waals surface area contributed by atoms with Crippen molar-refractivity contribution in [3.05, 3.63) is 141 Å². The van der Waals surface area contributed by atoms with E-state index in [1.54, 1.807) is 22.9 Å². The van der Waals surface area contributed by atoms with E-state index in [-0.39, 0.29) is 11.7 Å². The lowest BCUT2D eigenvalue weighted by atomic mass is 9.94. The van der Waals surface area contributed by atoms with Gasteiger partial charge in [-0.15, -0.1) is 5.10 Å². The Balaban J connectivity index is 1.31. The fraction of sp³-hybridized carbons (Fsp3) is 0.171. The summed E-state index contributed by atoms with van der Waals surface area (Å²) in [5.74, 6) is 1.000. The van der Waals surface area contributed by atoms with Crippen LogP contribution in [0.1, 0.15) is 40.8 Å². The number of hydrogen-bond acceptors (Lipinski definition) is 6. The average molecular weight is 640 g/mol. The van der Waals surface area contributed by atoms with Crippen LogP contribution in [0.5, 0.6) is 5.75 Å². The second-order valence-corrected chi connectivity index (χ2v) is 12.1. The molecule has 0 fully saturated rings. The lowest BCUT2D eigenvalue weighted by Gasteiger charge is -2.29. The number of aromatic nitrogens is 3. The second-order valence-electron chi connectivity index (χ2n) is 10.8. The molecule has 5 aromatic rings. The predicted octanol–water partition coefficient (Wildman–Crippen LogP) is 8.49. The molecular formula is C35H31ClFN5O2S. The van der Waals surface area contributed by atoms with E-state index in [9.17, 15) is 9.18 Å². The van der Waals surface area contributed by atoms with Crippen molar-refractivity contribution in [3.63, 3.8) is 0 Å². The summed E-state index contributed by atoms with van der Waals surface area (Å²) < 4.78 is 22.0. The highest BCUT2D eigenvalue weighted by atomic mass is 35.5. The molecule has 2 N–H and O–H groups in total. The van der Waals surface area contributed by atoms with Crippen LogP contribution >= 0.6 is 23.4 Å². The molecule has 0 saturated carbocycles. The molecule has 7 nitrogen and oxygen atoms in total. The van der Waals surface area contributed by atoms with Gasteiger partial charge in [0, 0.05) is 27.7 Å². The minimum Gasteiger partial charge on any atom is -0.489 e. The van der Waals surface area contributed by atoms with E-state index in [4.69, 9.17) is 26.4 Å². The van der Waals surface area contributed by atoms with Crippen LogP contribution in [0.4, 0.5) is 16.0 Å². The molecule has 0 bridgehead atoms. The predicted molar refractivity (Wildman–Crippen MR) is 177 cm³/mol. The summed E-state index contributed by atoms with van der Waals surface area (Å²) in [5, 5.41) is 12.3. The minimum atomic E-state index is -0.584. The van der Waals surface area contributed by atoms with E-state index in [1.807, 2.05) is 87.5 Å². The van der Waals surface area contributed by atoms with Gasteiger partial charge in [0.2, 0.25) is 11.1 Å². The number of benzene rings is 4. The van der Waals surface area contributed by atoms with Crippen molar-refractivity contribution >= 4 is 40.9 Å². The molecule has 4 aromatic carbocycles. The summed E-state index contributed by atoms with van der Waals surface area (Å²) >= 11 is 7.63. The highest BCUT2D eigenvalue weighted by Gasteiger charge is 2.34. The van der Waals surface area contributed by atoms with Crippen molar-refractivity contribution < 1.29 is 13.9 Å². The van der Waals surface area contributed by atoms with Crippen molar-refractivity contribution in [1.82, 2.24) is 14.8 Å². The minimum absolute atomic E-state index is 0.251. The molecule has 228 valence electrons. The fourth-order valence-electron chi connectivity index (χ4n) is 5.15. The first-order valence-corrected chi connectivity index (χ1v) is 15.8. The Kier molecular flexibility index (Phi) is 8.91. The van der Waals surface area contributed by atoms with E-state index in [1.165, 1.54) is 17.8 Å². The Bertz CT molecular complexity index is 1910. The van der Waals surface area contributed by atoms with Gasteiger partial charge in [-0.05, 0) is 73.4 Å². The highest BCUT2D eigenvalue weighted by Crippen LogP contribution is 2.38. The molecule has 1 unspecified atom stereocenters. The van der Waals surface area contributed by atoms with Crippen molar-refractivity contribution in [2.45, 2.75) is 44.3 Å². The average Bonchev–Trinajstić information content (AvgIpc) is 3.44. The Morgan fingerprint density at radius 1 is 0.978 bits per heavy atom. The van der Waals surface area contributed by atoms with Crippen molar-refractivity contribution in [3.8, 4) is 5.75 Å². The number of fused-ring (bicyclic) bond motifs is 1. The third kappa shape index (κ3) is 6.60. The normalized spacial score (nSPS) is 14.1. The van der Waals surface area contributed by atoms with Gasteiger partial charge in [0.25, 0.3) is 5.91 Å². The van der Waals surface area contributed by atoms with Crippen LogP contribution in [-0.4, -0.2) is 20.7 Å². The van der Waals surface area contributed by atoms with E-state index in [0.29, 0.717) is 51.1 Å². The topological polar surface area (TPSA) is 81.1 Å². The number of amides is 1. The summed E-state index contributed by atoms with van der Waals surface area (Å²) in [5.41, 5.74) is 6.26.